The Morgan fingerprint density at radius 3 is 2.57 bits per heavy atom. The van der Waals surface area contributed by atoms with Gasteiger partial charge in [0.05, 0.1) is 18.5 Å². The van der Waals surface area contributed by atoms with Crippen LogP contribution in [0.5, 0.6) is 0 Å². The molecule has 6 atom stereocenters. The van der Waals surface area contributed by atoms with Crippen LogP contribution in [-0.4, -0.2) is 54.1 Å². The van der Waals surface area contributed by atoms with Crippen LogP contribution in [0.3, 0.4) is 0 Å². The molecule has 15 nitrogen and oxygen atoms in total. The van der Waals surface area contributed by atoms with E-state index >= 15 is 0 Å². The number of aromatic nitrogens is 3. The third-order valence-electron chi connectivity index (χ3n) is 3.94. The number of nitrogens with zero attached hydrogens (tertiary/aromatic N) is 2. The molecule has 2 aromatic rings. The van der Waals surface area contributed by atoms with Crippen molar-refractivity contribution in [3.8, 4) is 0 Å². The first-order chi connectivity index (χ1) is 13.7. The molecule has 2 aromatic heterocycles. The second kappa shape index (κ2) is 11.0. The smallest absolute Gasteiger partial charge is 0.385 e. The monoisotopic (exact) mass is 562 g/mol. The van der Waals surface area contributed by atoms with Gasteiger partial charge in [-0.15, -0.1) is 9.05 Å². The minimum Gasteiger partial charge on any atom is -0.385 e. The van der Waals surface area contributed by atoms with E-state index in [0.29, 0.717) is 5.52 Å². The molecule has 0 spiro atoms. The molecule has 163 valence electrons. The minimum absolute atomic E-state index is 0. The van der Waals surface area contributed by atoms with Crippen molar-refractivity contribution in [3.05, 3.63) is 22.7 Å². The fourth-order valence-corrected chi connectivity index (χ4v) is 4.18. The minimum atomic E-state index is -3.16. The zero-order valence-electron chi connectivity index (χ0n) is 14.8. The van der Waals surface area contributed by atoms with E-state index in [1.54, 1.807) is 0 Å². The van der Waals surface area contributed by atoms with Crippen molar-refractivity contribution in [2.24, 2.45) is 0 Å². The van der Waals surface area contributed by atoms with E-state index < -0.39 is 54.9 Å². The van der Waals surface area contributed by atoms with E-state index in [1.807, 2.05) is 0 Å². The summed E-state index contributed by atoms with van der Waals surface area (Å²) in [5.74, 6) is 0.141. The van der Waals surface area contributed by atoms with Gasteiger partial charge in [0, 0.05) is 43.3 Å². The Kier molecular flexibility index (Phi) is 9.44. The second-order valence-corrected chi connectivity index (χ2v) is 7.98. The van der Waals surface area contributed by atoms with Gasteiger partial charge in [0.15, 0.2) is 24.0 Å². The number of nitrogens with two attached hydrogens (primary N) is 1. The van der Waals surface area contributed by atoms with Gasteiger partial charge in [-0.25, -0.2) is 4.98 Å². The third-order valence-corrected chi connectivity index (χ3v) is 5.19. The Balaban J connectivity index is 0.000000591. The number of ether oxygens (including phenoxy) is 1. The van der Waals surface area contributed by atoms with Crippen molar-refractivity contribution in [1.29, 1.82) is 0 Å². The van der Waals surface area contributed by atoms with Crippen molar-refractivity contribution in [2.45, 2.75) is 24.5 Å². The Bertz CT molecular complexity index is 1030. The van der Waals surface area contributed by atoms with Crippen LogP contribution in [0.1, 0.15) is 6.23 Å². The van der Waals surface area contributed by atoms with E-state index in [-0.39, 0.29) is 50.7 Å². The Morgan fingerprint density at radius 1 is 1.30 bits per heavy atom. The molecule has 0 aromatic carbocycles. The van der Waals surface area contributed by atoms with Crippen molar-refractivity contribution in [1.82, 2.24) is 14.5 Å². The van der Waals surface area contributed by atoms with E-state index in [9.17, 15) is 13.9 Å². The van der Waals surface area contributed by atoms with Gasteiger partial charge < -0.3 is 39.2 Å². The van der Waals surface area contributed by atoms with Gasteiger partial charge in [-0.3, -0.25) is 13.9 Å². The predicted octanol–water partition coefficient (Wildman–Crippen LogP) is -0.598. The largest absolute Gasteiger partial charge is 0.698 e. The first kappa shape index (κ1) is 25.9. The molecule has 2 saturated heterocycles. The van der Waals surface area contributed by atoms with Gasteiger partial charge in [-0.1, -0.05) is 0 Å². The van der Waals surface area contributed by atoms with Crippen LogP contribution in [0.2, 0.25) is 0 Å². The summed E-state index contributed by atoms with van der Waals surface area (Å²) >= 11 is 0. The summed E-state index contributed by atoms with van der Waals surface area (Å²) in [6.07, 6.45) is -1.77. The first-order valence-electron chi connectivity index (χ1n) is 7.76. The summed E-state index contributed by atoms with van der Waals surface area (Å²) in [6, 6.07) is 1.51. The molecule has 19 heteroatoms. The van der Waals surface area contributed by atoms with E-state index in [4.69, 9.17) is 43.3 Å². The van der Waals surface area contributed by atoms with E-state index in [2.05, 4.69) is 9.97 Å². The zero-order chi connectivity index (χ0) is 21.3. The zero-order valence-corrected chi connectivity index (χ0v) is 20.5. The summed E-state index contributed by atoms with van der Waals surface area (Å²) in [5, 5.41) is 0. The Morgan fingerprint density at radius 2 is 1.93 bits per heavy atom. The predicted molar refractivity (Wildman–Crippen MR) is 96.6 cm³/mol. The first-order valence-corrected chi connectivity index (χ1v) is 11.4. The molecule has 0 saturated carbocycles. The molecule has 2 aliphatic heterocycles. The maximum Gasteiger partial charge on any atom is 0.698 e. The van der Waals surface area contributed by atoms with Gasteiger partial charge in [-0.05, 0) is 0 Å². The number of anilines is 1. The molecule has 2 fully saturated rings. The van der Waals surface area contributed by atoms with Gasteiger partial charge >= 0.3 is 24.8 Å². The normalized spacial score (nSPS) is 27.4. The molecular formula is C11H16N4O11P3Y+. The SMILES string of the molecule is Nc1cc2c(ncn2[C@@H]2O[C@H](CO[PH](=O)O)C3O[P+](=O)OC32)c(=O)[nH]1.O=[PH](O)O.[Y]. The van der Waals surface area contributed by atoms with Crippen molar-refractivity contribution in [3.63, 3.8) is 0 Å². The van der Waals surface area contributed by atoms with Crippen LogP contribution in [0.25, 0.3) is 11.0 Å². The molecule has 4 rings (SSSR count). The van der Waals surface area contributed by atoms with Gasteiger partial charge in [0.2, 0.25) is 0 Å². The number of imidazole rings is 1. The number of pyridine rings is 1. The molecule has 0 bridgehead atoms. The average Bonchev–Trinajstić information content (AvgIpc) is 3.25. The van der Waals surface area contributed by atoms with Crippen LogP contribution in [-0.2, 0) is 64.7 Å². The van der Waals surface area contributed by atoms with Crippen LogP contribution in [0.15, 0.2) is 17.2 Å². The summed E-state index contributed by atoms with van der Waals surface area (Å²) in [6.45, 7) is -0.242. The average molecular weight is 562 g/mol. The Hall–Kier alpha value is -0.396. The number of aromatic amines is 1. The topological polar surface area (TPSA) is 226 Å². The van der Waals surface area contributed by atoms with Gasteiger partial charge in [0.1, 0.15) is 11.9 Å². The second-order valence-electron chi connectivity index (χ2n) is 5.73. The van der Waals surface area contributed by atoms with Crippen molar-refractivity contribution in [2.75, 3.05) is 12.3 Å². The van der Waals surface area contributed by atoms with Crippen LogP contribution in [0, 0.1) is 0 Å². The Labute approximate surface area is 194 Å². The van der Waals surface area contributed by atoms with Crippen molar-refractivity contribution < 1.29 is 79.4 Å². The standard InChI is InChI=1S/C11H12N4O8P2.H3O3P.Y/c12-6-1-4-7(10(16)14-6)13-3-15(4)11-9-8(22-25(19)23-9)5(21-11)2-20-24(17)18;1-4(2)3;/h1,3,5,8-9,11,24H,2H2,(H3-,12,14,16,17,18);4H,(H2,1,2,3);/p+1/t5-,8?,9?,11-;;/m1../s1. The number of nitrogen functional groups attached to an aromatic ring is 1. The molecule has 6 N–H and O–H groups in total. The maximum absolute atomic E-state index is 11.9. The number of H-pyrrole nitrogens is 1. The molecule has 4 heterocycles. The number of fused-ring (bicyclic) bond motifs is 2. The van der Waals surface area contributed by atoms with Crippen molar-refractivity contribution >= 4 is 41.6 Å². The molecule has 1 radical (unpaired) electrons. The molecule has 0 amide bonds. The summed E-state index contributed by atoms with van der Waals surface area (Å²) in [5.41, 5.74) is 5.75. The summed E-state index contributed by atoms with van der Waals surface area (Å²) in [4.78, 5) is 41.5. The number of hydrogen-bond acceptors (Lipinski definition) is 10. The fourth-order valence-electron chi connectivity index (χ4n) is 2.95. The van der Waals surface area contributed by atoms with E-state index in [0.717, 1.165) is 0 Å². The summed E-state index contributed by atoms with van der Waals surface area (Å²) in [7, 11) is -8.64. The number of rotatable bonds is 4. The fraction of sp³-hybridized carbons (Fsp3) is 0.455. The van der Waals surface area contributed by atoms with E-state index in [1.165, 1.54) is 17.0 Å². The maximum atomic E-state index is 11.9. The van der Waals surface area contributed by atoms with Crippen LogP contribution >= 0.6 is 24.8 Å². The molecule has 4 unspecified atom stereocenters. The molecule has 30 heavy (non-hydrogen) atoms. The third kappa shape index (κ3) is 5.89. The molecule has 0 aliphatic carbocycles. The van der Waals surface area contributed by atoms with Crippen LogP contribution in [0.4, 0.5) is 5.82 Å². The number of nitrogens with one attached hydrogen (secondary N) is 1. The number of hydrogen-bond donors (Lipinski definition) is 5. The van der Waals surface area contributed by atoms with Crippen LogP contribution < -0.4 is 11.3 Å². The van der Waals surface area contributed by atoms with Gasteiger partial charge in [-0.2, -0.15) is 0 Å². The molecular weight excluding hydrogens is 546 g/mol. The van der Waals surface area contributed by atoms with Gasteiger partial charge in [0.25, 0.3) is 5.56 Å². The summed E-state index contributed by atoms with van der Waals surface area (Å²) < 4.78 is 53.6. The molecule has 2 aliphatic rings. The quantitative estimate of drug-likeness (QED) is 0.294.